The Kier molecular flexibility index (Phi) is 6.33. The molecule has 38 heavy (non-hydrogen) atoms. The standard InChI is InChI=1S/C29H25BrN4O4/c30-19-8-10-24-23(15-19)29(38)34(20-9-11-25(35)18(14-20)16-32-12-4-1-5-13-32)26(31-24)17-33-27(36)21-6-2-3-7-22(21)28(33)37/h2-3,6-11,14-15,35H,1,4-5,12-13,16-17H2. The number of nitrogens with zero attached hydrogens (tertiary/aromatic N) is 4. The minimum atomic E-state index is -0.418. The lowest BCUT2D eigenvalue weighted by atomic mass is 10.1. The van der Waals surface area contributed by atoms with Crippen molar-refractivity contribution in [2.75, 3.05) is 13.1 Å². The van der Waals surface area contributed by atoms with Crippen molar-refractivity contribution in [3.8, 4) is 11.4 Å². The van der Waals surface area contributed by atoms with E-state index in [0.29, 0.717) is 39.8 Å². The topological polar surface area (TPSA) is 95.7 Å². The van der Waals surface area contributed by atoms with Gasteiger partial charge in [-0.3, -0.25) is 28.8 Å². The summed E-state index contributed by atoms with van der Waals surface area (Å²) in [6, 6.07) is 17.0. The summed E-state index contributed by atoms with van der Waals surface area (Å²) in [6.45, 7) is 2.31. The first-order valence-corrected chi connectivity index (χ1v) is 13.4. The van der Waals surface area contributed by atoms with Gasteiger partial charge in [-0.05, 0) is 74.5 Å². The van der Waals surface area contributed by atoms with Gasteiger partial charge in [0.15, 0.2) is 0 Å². The fourth-order valence-electron chi connectivity index (χ4n) is 5.30. The monoisotopic (exact) mass is 572 g/mol. The van der Waals surface area contributed by atoms with Gasteiger partial charge in [0, 0.05) is 16.6 Å². The number of phenols is 1. The van der Waals surface area contributed by atoms with Crippen molar-refractivity contribution in [3.05, 3.63) is 98.0 Å². The molecule has 2 aliphatic rings. The van der Waals surface area contributed by atoms with Gasteiger partial charge in [-0.15, -0.1) is 0 Å². The van der Waals surface area contributed by atoms with E-state index in [0.717, 1.165) is 35.3 Å². The molecule has 3 heterocycles. The van der Waals surface area contributed by atoms with Crippen molar-refractivity contribution in [1.82, 2.24) is 19.4 Å². The summed E-state index contributed by atoms with van der Waals surface area (Å²) in [5.74, 6) is -0.419. The highest BCUT2D eigenvalue weighted by molar-refractivity contribution is 9.10. The molecule has 0 saturated carbocycles. The van der Waals surface area contributed by atoms with Gasteiger partial charge in [-0.25, -0.2) is 4.98 Å². The summed E-state index contributed by atoms with van der Waals surface area (Å²) in [5, 5.41) is 11.0. The van der Waals surface area contributed by atoms with Crippen LogP contribution in [0.3, 0.4) is 0 Å². The van der Waals surface area contributed by atoms with Gasteiger partial charge < -0.3 is 5.11 Å². The molecule has 1 N–H and O–H groups in total. The molecule has 9 heteroatoms. The van der Waals surface area contributed by atoms with Crippen LogP contribution in [0.5, 0.6) is 5.75 Å². The first-order chi connectivity index (χ1) is 18.4. The Bertz CT molecular complexity index is 1620. The number of hydrogen-bond donors (Lipinski definition) is 1. The molecule has 2 aliphatic heterocycles. The molecule has 1 fully saturated rings. The summed E-state index contributed by atoms with van der Waals surface area (Å²) < 4.78 is 2.18. The van der Waals surface area contributed by atoms with Crippen molar-refractivity contribution >= 4 is 38.6 Å². The number of halogens is 1. The van der Waals surface area contributed by atoms with E-state index < -0.39 is 11.8 Å². The van der Waals surface area contributed by atoms with Crippen molar-refractivity contribution in [2.24, 2.45) is 0 Å². The summed E-state index contributed by atoms with van der Waals surface area (Å²) >= 11 is 3.43. The predicted octanol–water partition coefficient (Wildman–Crippen LogP) is 4.64. The van der Waals surface area contributed by atoms with Crippen LogP contribution in [0.2, 0.25) is 0 Å². The second kappa shape index (κ2) is 9.81. The molecular formula is C29H25BrN4O4. The maximum absolute atomic E-state index is 13.9. The van der Waals surface area contributed by atoms with E-state index >= 15 is 0 Å². The highest BCUT2D eigenvalue weighted by Gasteiger charge is 2.36. The van der Waals surface area contributed by atoms with Crippen molar-refractivity contribution < 1.29 is 14.7 Å². The average Bonchev–Trinajstić information content (AvgIpc) is 3.16. The van der Waals surface area contributed by atoms with Crippen LogP contribution in [0.4, 0.5) is 0 Å². The SMILES string of the molecule is O=C1c2ccccc2C(=O)N1Cc1nc2ccc(Br)cc2c(=O)n1-c1ccc(O)c(CN2CCCCC2)c1. The van der Waals surface area contributed by atoms with E-state index in [1.807, 2.05) is 0 Å². The fraction of sp³-hybridized carbons (Fsp3) is 0.241. The summed E-state index contributed by atoms with van der Waals surface area (Å²) in [6.07, 6.45) is 3.44. The molecule has 0 atom stereocenters. The number of rotatable bonds is 5. The molecule has 0 radical (unpaired) electrons. The van der Waals surface area contributed by atoms with Crippen LogP contribution >= 0.6 is 15.9 Å². The number of carbonyl (C=O) groups is 2. The Morgan fingerprint density at radius 3 is 2.26 bits per heavy atom. The first kappa shape index (κ1) is 24.5. The minimum Gasteiger partial charge on any atom is -0.508 e. The number of aromatic nitrogens is 2. The fourth-order valence-corrected chi connectivity index (χ4v) is 5.66. The maximum atomic E-state index is 13.9. The van der Waals surface area contributed by atoms with Gasteiger partial charge in [-0.1, -0.05) is 34.5 Å². The van der Waals surface area contributed by atoms with Crippen molar-refractivity contribution in [1.29, 1.82) is 0 Å². The van der Waals surface area contributed by atoms with Crippen molar-refractivity contribution in [2.45, 2.75) is 32.4 Å². The molecule has 8 nitrogen and oxygen atoms in total. The van der Waals surface area contributed by atoms with E-state index in [1.165, 1.54) is 11.0 Å². The first-order valence-electron chi connectivity index (χ1n) is 12.6. The molecular weight excluding hydrogens is 548 g/mol. The number of benzene rings is 3. The third-order valence-electron chi connectivity index (χ3n) is 7.24. The second-order valence-corrected chi connectivity index (χ2v) is 10.6. The zero-order chi connectivity index (χ0) is 26.4. The van der Waals surface area contributed by atoms with Crippen LogP contribution in [-0.4, -0.2) is 49.4 Å². The van der Waals surface area contributed by atoms with Crippen molar-refractivity contribution in [3.63, 3.8) is 0 Å². The highest BCUT2D eigenvalue weighted by atomic mass is 79.9. The third kappa shape index (κ3) is 4.31. The lowest BCUT2D eigenvalue weighted by molar-refractivity contribution is 0.0637. The van der Waals surface area contributed by atoms with E-state index in [4.69, 9.17) is 4.98 Å². The highest BCUT2D eigenvalue weighted by Crippen LogP contribution is 2.28. The number of phenolic OH excluding ortho intramolecular Hbond substituents is 1. The van der Waals surface area contributed by atoms with Gasteiger partial charge in [0.25, 0.3) is 17.4 Å². The number of likely N-dealkylation sites (tertiary alicyclic amines) is 1. The van der Waals surface area contributed by atoms with E-state index in [9.17, 15) is 19.5 Å². The van der Waals surface area contributed by atoms with Crippen LogP contribution in [0.25, 0.3) is 16.6 Å². The van der Waals surface area contributed by atoms with Gasteiger partial charge in [0.2, 0.25) is 0 Å². The van der Waals surface area contributed by atoms with E-state index in [1.54, 1.807) is 60.7 Å². The number of piperidine rings is 1. The lowest BCUT2D eigenvalue weighted by Gasteiger charge is -2.27. The van der Waals surface area contributed by atoms with Gasteiger partial charge >= 0.3 is 0 Å². The van der Waals surface area contributed by atoms with Gasteiger partial charge in [-0.2, -0.15) is 0 Å². The normalized spacial score (nSPS) is 15.9. The Morgan fingerprint density at radius 1 is 0.842 bits per heavy atom. The van der Waals surface area contributed by atoms with Crippen LogP contribution in [0, 0.1) is 0 Å². The van der Waals surface area contributed by atoms with Crippen LogP contribution < -0.4 is 5.56 Å². The molecule has 1 saturated heterocycles. The smallest absolute Gasteiger partial charge is 0.266 e. The maximum Gasteiger partial charge on any atom is 0.266 e. The lowest BCUT2D eigenvalue weighted by Crippen LogP contribution is -2.34. The molecule has 4 aromatic rings. The number of carbonyl (C=O) groups excluding carboxylic acids is 2. The number of hydrogen-bond acceptors (Lipinski definition) is 6. The largest absolute Gasteiger partial charge is 0.508 e. The molecule has 192 valence electrons. The Hall–Kier alpha value is -3.82. The number of fused-ring (bicyclic) bond motifs is 2. The van der Waals surface area contributed by atoms with Crippen LogP contribution in [-0.2, 0) is 13.1 Å². The molecule has 1 aromatic heterocycles. The zero-order valence-corrected chi connectivity index (χ0v) is 22.1. The average molecular weight is 573 g/mol. The summed E-state index contributed by atoms with van der Waals surface area (Å²) in [7, 11) is 0. The molecule has 0 aliphatic carbocycles. The van der Waals surface area contributed by atoms with E-state index in [-0.39, 0.29) is 23.7 Å². The quantitative estimate of drug-likeness (QED) is 0.350. The number of imide groups is 1. The Morgan fingerprint density at radius 2 is 1.55 bits per heavy atom. The molecule has 0 bridgehead atoms. The molecule has 3 aromatic carbocycles. The third-order valence-corrected chi connectivity index (χ3v) is 7.73. The molecule has 6 rings (SSSR count). The molecule has 0 spiro atoms. The van der Waals surface area contributed by atoms with Crippen LogP contribution in [0.1, 0.15) is 51.4 Å². The van der Waals surface area contributed by atoms with E-state index in [2.05, 4.69) is 20.8 Å². The predicted molar refractivity (Wildman–Crippen MR) is 146 cm³/mol. The summed E-state index contributed by atoms with van der Waals surface area (Å²) in [4.78, 5) is 48.3. The Labute approximate surface area is 227 Å². The van der Waals surface area contributed by atoms with Gasteiger partial charge in [0.05, 0.1) is 34.3 Å². The van der Waals surface area contributed by atoms with Crippen LogP contribution in [0.15, 0.2) is 69.9 Å². The second-order valence-electron chi connectivity index (χ2n) is 9.72. The molecule has 0 unspecified atom stereocenters. The minimum absolute atomic E-state index is 0.158. The number of amides is 2. The molecule has 2 amide bonds. The summed E-state index contributed by atoms with van der Waals surface area (Å²) in [5.41, 5.74) is 2.04. The number of aromatic hydroxyl groups is 1. The zero-order valence-electron chi connectivity index (χ0n) is 20.6. The Balaban J connectivity index is 1.47. The van der Waals surface area contributed by atoms with Gasteiger partial charge in [0.1, 0.15) is 11.6 Å².